The van der Waals surface area contributed by atoms with Gasteiger partial charge in [0.15, 0.2) is 0 Å². The van der Waals surface area contributed by atoms with Crippen LogP contribution in [0.4, 0.5) is 5.69 Å². The fraction of sp³-hybridized carbons (Fsp3) is 0.480. The highest BCUT2D eigenvalue weighted by atomic mass is 32.2. The number of anilines is 1. The molecule has 1 N–H and O–H groups in total. The predicted octanol–water partition coefficient (Wildman–Crippen LogP) is 3.80. The molecule has 6 nitrogen and oxygen atoms in total. The minimum absolute atomic E-state index is 0.182. The van der Waals surface area contributed by atoms with Crippen LogP contribution in [0, 0.1) is 20.8 Å². The van der Waals surface area contributed by atoms with Gasteiger partial charge in [0.05, 0.1) is 10.6 Å². The molecule has 3 rings (SSSR count). The number of nitrogens with zero attached hydrogens (tertiary/aromatic N) is 2. The van der Waals surface area contributed by atoms with Gasteiger partial charge < -0.3 is 10.2 Å². The summed E-state index contributed by atoms with van der Waals surface area (Å²) in [6.45, 7) is 9.25. The molecule has 0 radical (unpaired) electrons. The third-order valence-corrected chi connectivity index (χ3v) is 7.94. The molecule has 1 fully saturated rings. The molecule has 0 aliphatic carbocycles. The Balaban J connectivity index is 1.73. The number of nitrogens with one attached hydrogen (secondary N) is 1. The quantitative estimate of drug-likeness (QED) is 0.582. The van der Waals surface area contributed by atoms with E-state index in [1.165, 1.54) is 23.6 Å². The average molecular weight is 458 g/mol. The zero-order chi connectivity index (χ0) is 23.1. The molecule has 174 valence electrons. The molecule has 0 saturated carbocycles. The number of piperidine rings is 1. The molecule has 1 saturated heterocycles. The van der Waals surface area contributed by atoms with E-state index in [4.69, 9.17) is 0 Å². The van der Waals surface area contributed by atoms with E-state index in [1.807, 2.05) is 32.9 Å². The number of amides is 1. The number of rotatable bonds is 9. The summed E-state index contributed by atoms with van der Waals surface area (Å²) in [5.74, 6) is -0.291. The number of sulfonamides is 1. The maximum atomic E-state index is 13.5. The Morgan fingerprint density at radius 1 is 1.00 bits per heavy atom. The van der Waals surface area contributed by atoms with Gasteiger partial charge in [0, 0.05) is 6.54 Å². The van der Waals surface area contributed by atoms with E-state index in [0.717, 1.165) is 42.7 Å². The maximum Gasteiger partial charge on any atom is 0.264 e. The minimum Gasteiger partial charge on any atom is -0.354 e. The van der Waals surface area contributed by atoms with E-state index in [1.54, 1.807) is 30.3 Å². The molecule has 1 aliphatic rings. The first-order valence-electron chi connectivity index (χ1n) is 11.4. The van der Waals surface area contributed by atoms with Crippen molar-refractivity contribution in [1.82, 2.24) is 10.2 Å². The number of carbonyl (C=O) groups excluding carboxylic acids is 1. The number of likely N-dealkylation sites (tertiary alicyclic amines) is 1. The largest absolute Gasteiger partial charge is 0.354 e. The third-order valence-electron chi connectivity index (χ3n) is 6.16. The van der Waals surface area contributed by atoms with Crippen LogP contribution in [0.3, 0.4) is 0 Å². The van der Waals surface area contributed by atoms with Gasteiger partial charge in [-0.25, -0.2) is 8.42 Å². The van der Waals surface area contributed by atoms with E-state index in [-0.39, 0.29) is 17.3 Å². The maximum absolute atomic E-state index is 13.5. The van der Waals surface area contributed by atoms with Crippen molar-refractivity contribution in [2.45, 2.75) is 51.3 Å². The van der Waals surface area contributed by atoms with Crippen LogP contribution >= 0.6 is 0 Å². The highest BCUT2D eigenvalue weighted by Gasteiger charge is 2.28. The van der Waals surface area contributed by atoms with Crippen molar-refractivity contribution in [2.24, 2.45) is 0 Å². The summed E-state index contributed by atoms with van der Waals surface area (Å²) in [6, 6.07) is 12.3. The van der Waals surface area contributed by atoms with Gasteiger partial charge >= 0.3 is 0 Å². The molecular weight excluding hydrogens is 422 g/mol. The Bertz CT molecular complexity index is 1010. The molecule has 0 unspecified atom stereocenters. The summed E-state index contributed by atoms with van der Waals surface area (Å²) in [6.07, 6.45) is 4.65. The lowest BCUT2D eigenvalue weighted by Crippen LogP contribution is -2.42. The van der Waals surface area contributed by atoms with E-state index >= 15 is 0 Å². The Kier molecular flexibility index (Phi) is 8.32. The first-order valence-corrected chi connectivity index (χ1v) is 12.9. The lowest BCUT2D eigenvalue weighted by Gasteiger charge is -2.27. The normalized spacial score (nSPS) is 14.8. The van der Waals surface area contributed by atoms with Crippen LogP contribution in [0.1, 0.15) is 42.4 Å². The van der Waals surface area contributed by atoms with Crippen molar-refractivity contribution >= 4 is 21.6 Å². The Hall–Kier alpha value is -2.38. The molecule has 1 amide bonds. The van der Waals surface area contributed by atoms with Gasteiger partial charge in [-0.3, -0.25) is 9.10 Å². The SMILES string of the molecule is Cc1ccc(S(=O)(=O)N(CC(=O)NCCCN2CCCCC2)c2cccc(C)c2C)cc1. The highest BCUT2D eigenvalue weighted by Crippen LogP contribution is 2.28. The average Bonchev–Trinajstić information content (AvgIpc) is 2.78. The van der Waals surface area contributed by atoms with Crippen molar-refractivity contribution in [3.63, 3.8) is 0 Å². The second-order valence-corrected chi connectivity index (χ2v) is 10.5. The van der Waals surface area contributed by atoms with Crippen LogP contribution in [-0.2, 0) is 14.8 Å². The topological polar surface area (TPSA) is 69.7 Å². The third kappa shape index (κ3) is 6.11. The fourth-order valence-electron chi connectivity index (χ4n) is 4.04. The van der Waals surface area contributed by atoms with Gasteiger partial charge in [-0.05, 0) is 89.0 Å². The lowest BCUT2D eigenvalue weighted by atomic mass is 10.1. The number of hydrogen-bond donors (Lipinski definition) is 1. The van der Waals surface area contributed by atoms with Crippen LogP contribution in [0.25, 0.3) is 0 Å². The Labute approximate surface area is 192 Å². The molecule has 0 spiro atoms. The number of benzene rings is 2. The molecule has 0 atom stereocenters. The van der Waals surface area contributed by atoms with E-state index in [2.05, 4.69) is 10.2 Å². The molecule has 0 bridgehead atoms. The van der Waals surface area contributed by atoms with Gasteiger partial charge in [-0.1, -0.05) is 36.2 Å². The van der Waals surface area contributed by atoms with Gasteiger partial charge in [0.1, 0.15) is 6.54 Å². The first-order chi connectivity index (χ1) is 15.3. The summed E-state index contributed by atoms with van der Waals surface area (Å²) in [5.41, 5.74) is 3.34. The fourth-order valence-corrected chi connectivity index (χ4v) is 5.52. The van der Waals surface area contributed by atoms with Gasteiger partial charge in [-0.15, -0.1) is 0 Å². The monoisotopic (exact) mass is 457 g/mol. The number of hydrogen-bond acceptors (Lipinski definition) is 4. The summed E-state index contributed by atoms with van der Waals surface area (Å²) in [7, 11) is -3.89. The lowest BCUT2D eigenvalue weighted by molar-refractivity contribution is -0.119. The molecule has 2 aromatic carbocycles. The van der Waals surface area contributed by atoms with E-state index < -0.39 is 10.0 Å². The Morgan fingerprint density at radius 3 is 2.38 bits per heavy atom. The standard InChI is InChI=1S/C25H35N3O3S/c1-20-11-13-23(14-12-20)32(30,31)28(24-10-7-9-21(2)22(24)3)19-25(29)26-15-8-18-27-16-5-4-6-17-27/h7,9-14H,4-6,8,15-19H2,1-3H3,(H,26,29). The zero-order valence-electron chi connectivity index (χ0n) is 19.4. The van der Waals surface area contributed by atoms with Crippen molar-refractivity contribution in [3.05, 3.63) is 59.2 Å². The van der Waals surface area contributed by atoms with Crippen LogP contribution in [0.5, 0.6) is 0 Å². The molecule has 1 heterocycles. The second kappa shape index (κ2) is 11.0. The molecule has 1 aliphatic heterocycles. The van der Waals surface area contributed by atoms with Crippen molar-refractivity contribution in [3.8, 4) is 0 Å². The minimum atomic E-state index is -3.89. The molecule has 7 heteroatoms. The van der Waals surface area contributed by atoms with Crippen molar-refractivity contribution in [2.75, 3.05) is 37.0 Å². The van der Waals surface area contributed by atoms with Crippen LogP contribution in [0.15, 0.2) is 47.4 Å². The molecular formula is C25H35N3O3S. The summed E-state index contributed by atoms with van der Waals surface area (Å²) < 4.78 is 28.3. The predicted molar refractivity (Wildman–Crippen MR) is 130 cm³/mol. The molecule has 0 aromatic heterocycles. The van der Waals surface area contributed by atoms with E-state index in [9.17, 15) is 13.2 Å². The molecule has 32 heavy (non-hydrogen) atoms. The van der Waals surface area contributed by atoms with Crippen molar-refractivity contribution in [1.29, 1.82) is 0 Å². The van der Waals surface area contributed by atoms with Gasteiger partial charge in [0.25, 0.3) is 10.0 Å². The van der Waals surface area contributed by atoms with Gasteiger partial charge in [0.2, 0.25) is 5.91 Å². The van der Waals surface area contributed by atoms with Crippen LogP contribution in [0.2, 0.25) is 0 Å². The summed E-state index contributed by atoms with van der Waals surface area (Å²) in [4.78, 5) is 15.4. The first kappa shape index (κ1) is 24.3. The van der Waals surface area contributed by atoms with Crippen LogP contribution in [-0.4, -0.2) is 51.9 Å². The smallest absolute Gasteiger partial charge is 0.264 e. The number of carbonyl (C=O) groups is 1. The summed E-state index contributed by atoms with van der Waals surface area (Å²) in [5, 5.41) is 2.92. The second-order valence-electron chi connectivity index (χ2n) is 8.65. The molecule has 2 aromatic rings. The van der Waals surface area contributed by atoms with Gasteiger partial charge in [-0.2, -0.15) is 0 Å². The van der Waals surface area contributed by atoms with Crippen LogP contribution < -0.4 is 9.62 Å². The highest BCUT2D eigenvalue weighted by molar-refractivity contribution is 7.92. The Morgan fingerprint density at radius 2 is 1.69 bits per heavy atom. The van der Waals surface area contributed by atoms with Crippen molar-refractivity contribution < 1.29 is 13.2 Å². The zero-order valence-corrected chi connectivity index (χ0v) is 20.2. The van der Waals surface area contributed by atoms with E-state index in [0.29, 0.717) is 12.2 Å². The summed E-state index contributed by atoms with van der Waals surface area (Å²) >= 11 is 0. The number of aryl methyl sites for hydroxylation is 2.